The Morgan fingerprint density at radius 2 is 1.36 bits per heavy atom. The van der Waals surface area contributed by atoms with E-state index in [0.717, 1.165) is 0 Å². The third-order valence-corrected chi connectivity index (χ3v) is 3.61. The summed E-state index contributed by atoms with van der Waals surface area (Å²) in [7, 11) is 0. The quantitative estimate of drug-likeness (QED) is 0.706. The molecular weight excluding hydrogens is 352 g/mol. The van der Waals surface area contributed by atoms with Crippen LogP contribution in [0.4, 0.5) is 14.5 Å². The minimum Gasteiger partial charge on any atom is -0.396 e. The Bertz CT molecular complexity index is 722. The van der Waals surface area contributed by atoms with Gasteiger partial charge >= 0.3 is 0 Å². The van der Waals surface area contributed by atoms with E-state index in [9.17, 15) is 8.78 Å². The molecule has 0 unspecified atom stereocenters. The van der Waals surface area contributed by atoms with Gasteiger partial charge in [-0.3, -0.25) is 0 Å². The summed E-state index contributed by atoms with van der Waals surface area (Å²) < 4.78 is 26.3. The first-order chi connectivity index (χ1) is 10.3. The lowest BCUT2D eigenvalue weighted by molar-refractivity contribution is 0.611. The van der Waals surface area contributed by atoms with E-state index in [1.807, 2.05) is 12.1 Å². The van der Waals surface area contributed by atoms with Crippen LogP contribution in [0.5, 0.6) is 0 Å². The van der Waals surface area contributed by atoms with Gasteiger partial charge in [-0.15, -0.1) is 0 Å². The fraction of sp³-hybridized carbons (Fsp3) is 0.125. The molecule has 0 heterocycles. The van der Waals surface area contributed by atoms with E-state index < -0.39 is 5.82 Å². The van der Waals surface area contributed by atoms with Crippen molar-refractivity contribution >= 4 is 21.6 Å². The highest BCUT2D eigenvalue weighted by atomic mass is 79.9. The van der Waals surface area contributed by atoms with Gasteiger partial charge in [-0.2, -0.15) is 10.5 Å². The maximum absolute atomic E-state index is 13.0. The van der Waals surface area contributed by atoms with Gasteiger partial charge in [-0.1, -0.05) is 0 Å². The molecule has 112 valence electrons. The van der Waals surface area contributed by atoms with Crippen LogP contribution < -0.4 is 5.73 Å². The van der Waals surface area contributed by atoms with Crippen molar-refractivity contribution in [3.05, 3.63) is 62.6 Å². The Kier molecular flexibility index (Phi) is 6.03. The molecule has 2 aromatic rings. The second kappa shape index (κ2) is 7.53. The number of halogens is 3. The summed E-state index contributed by atoms with van der Waals surface area (Å²) in [5.74, 6) is -0.854. The minimum absolute atomic E-state index is 0.0847. The zero-order chi connectivity index (χ0) is 16.9. The van der Waals surface area contributed by atoms with E-state index in [0.29, 0.717) is 26.7 Å². The Balaban J connectivity index is 0.000000220. The SMILES string of the molecule is Cc1c(C#N)ccc(Br)c1F.Cc1c(C#N)ccc(N)c1F. The Morgan fingerprint density at radius 1 is 0.909 bits per heavy atom. The number of hydrogen-bond donors (Lipinski definition) is 1. The molecule has 0 bridgehead atoms. The highest BCUT2D eigenvalue weighted by molar-refractivity contribution is 9.10. The number of nitrogen functional groups attached to an aromatic ring is 1. The molecule has 0 atom stereocenters. The molecule has 0 fully saturated rings. The van der Waals surface area contributed by atoms with Gasteiger partial charge in [0, 0.05) is 11.1 Å². The van der Waals surface area contributed by atoms with Gasteiger partial charge in [0.1, 0.15) is 11.6 Å². The zero-order valence-corrected chi connectivity index (χ0v) is 13.5. The largest absolute Gasteiger partial charge is 0.396 e. The first-order valence-electron chi connectivity index (χ1n) is 6.12. The molecular formula is C16H12BrF2N3. The van der Waals surface area contributed by atoms with Crippen LogP contribution in [-0.4, -0.2) is 0 Å². The van der Waals surface area contributed by atoms with Gasteiger partial charge in [0.05, 0.1) is 33.4 Å². The van der Waals surface area contributed by atoms with E-state index in [-0.39, 0.29) is 11.5 Å². The number of anilines is 1. The predicted octanol–water partition coefficient (Wildman–Crippen LogP) is 4.36. The zero-order valence-electron chi connectivity index (χ0n) is 11.9. The van der Waals surface area contributed by atoms with E-state index >= 15 is 0 Å². The van der Waals surface area contributed by atoms with Gasteiger partial charge in [-0.25, -0.2) is 8.78 Å². The molecule has 2 aromatic carbocycles. The summed E-state index contributed by atoms with van der Waals surface area (Å²) in [6.07, 6.45) is 0. The lowest BCUT2D eigenvalue weighted by atomic mass is 10.1. The van der Waals surface area contributed by atoms with Gasteiger partial charge in [0.25, 0.3) is 0 Å². The van der Waals surface area contributed by atoms with E-state index in [1.165, 1.54) is 25.1 Å². The smallest absolute Gasteiger partial charge is 0.150 e. The summed E-state index contributed by atoms with van der Waals surface area (Å²) in [5.41, 5.74) is 6.76. The maximum atomic E-state index is 13.0. The molecule has 22 heavy (non-hydrogen) atoms. The molecule has 0 aliphatic carbocycles. The summed E-state index contributed by atoms with van der Waals surface area (Å²) in [6, 6.07) is 9.78. The van der Waals surface area contributed by atoms with Crippen molar-refractivity contribution in [3.63, 3.8) is 0 Å². The van der Waals surface area contributed by atoms with Crippen LogP contribution in [0, 0.1) is 48.1 Å². The van der Waals surface area contributed by atoms with Crippen LogP contribution >= 0.6 is 15.9 Å². The topological polar surface area (TPSA) is 73.6 Å². The monoisotopic (exact) mass is 363 g/mol. The number of nitrogens with zero attached hydrogens (tertiary/aromatic N) is 2. The van der Waals surface area contributed by atoms with E-state index in [4.69, 9.17) is 16.3 Å². The van der Waals surface area contributed by atoms with E-state index in [2.05, 4.69) is 15.9 Å². The van der Waals surface area contributed by atoms with Crippen molar-refractivity contribution in [2.24, 2.45) is 0 Å². The van der Waals surface area contributed by atoms with Gasteiger partial charge < -0.3 is 5.73 Å². The van der Waals surface area contributed by atoms with Crippen molar-refractivity contribution in [2.75, 3.05) is 5.73 Å². The number of nitrogens with two attached hydrogens (primary N) is 1. The van der Waals surface area contributed by atoms with Crippen LogP contribution in [0.3, 0.4) is 0 Å². The second-order valence-corrected chi connectivity index (χ2v) is 5.25. The Labute approximate surface area is 135 Å². The average molecular weight is 364 g/mol. The first-order valence-corrected chi connectivity index (χ1v) is 6.92. The van der Waals surface area contributed by atoms with E-state index in [1.54, 1.807) is 13.0 Å². The molecule has 0 aromatic heterocycles. The molecule has 0 saturated carbocycles. The lowest BCUT2D eigenvalue weighted by Crippen LogP contribution is -1.95. The second-order valence-electron chi connectivity index (χ2n) is 4.40. The molecule has 6 heteroatoms. The summed E-state index contributed by atoms with van der Waals surface area (Å²) in [5, 5.41) is 17.0. The van der Waals surface area contributed by atoms with Crippen molar-refractivity contribution in [3.8, 4) is 12.1 Å². The van der Waals surface area contributed by atoms with Crippen molar-refractivity contribution in [2.45, 2.75) is 13.8 Å². The first kappa shape index (κ1) is 17.6. The molecule has 0 aliphatic heterocycles. The molecule has 0 aliphatic rings. The molecule has 2 rings (SSSR count). The molecule has 0 radical (unpaired) electrons. The normalized spacial score (nSPS) is 9.23. The molecule has 2 N–H and O–H groups in total. The van der Waals surface area contributed by atoms with Gasteiger partial charge in [0.2, 0.25) is 0 Å². The van der Waals surface area contributed by atoms with Gasteiger partial charge in [-0.05, 0) is 54.0 Å². The highest BCUT2D eigenvalue weighted by Gasteiger charge is 2.06. The van der Waals surface area contributed by atoms with Crippen LogP contribution in [0.25, 0.3) is 0 Å². The Morgan fingerprint density at radius 3 is 1.86 bits per heavy atom. The number of benzene rings is 2. The number of nitriles is 2. The summed E-state index contributed by atoms with van der Waals surface area (Å²) in [4.78, 5) is 0. The number of rotatable bonds is 0. The van der Waals surface area contributed by atoms with Crippen molar-refractivity contribution in [1.29, 1.82) is 10.5 Å². The fourth-order valence-corrected chi connectivity index (χ4v) is 2.03. The lowest BCUT2D eigenvalue weighted by Gasteiger charge is -2.00. The fourth-order valence-electron chi connectivity index (χ4n) is 1.60. The van der Waals surface area contributed by atoms with Gasteiger partial charge in [0.15, 0.2) is 0 Å². The van der Waals surface area contributed by atoms with Crippen LogP contribution in [0.1, 0.15) is 22.3 Å². The molecule has 3 nitrogen and oxygen atoms in total. The minimum atomic E-state index is -0.496. The molecule has 0 spiro atoms. The highest BCUT2D eigenvalue weighted by Crippen LogP contribution is 2.20. The van der Waals surface area contributed by atoms with Crippen molar-refractivity contribution in [1.82, 2.24) is 0 Å². The summed E-state index contributed by atoms with van der Waals surface area (Å²) >= 11 is 3.02. The average Bonchev–Trinajstić information content (AvgIpc) is 2.51. The van der Waals surface area contributed by atoms with Crippen LogP contribution in [0.15, 0.2) is 28.7 Å². The molecule has 0 saturated heterocycles. The van der Waals surface area contributed by atoms with Crippen LogP contribution in [-0.2, 0) is 0 Å². The van der Waals surface area contributed by atoms with Crippen LogP contribution in [0.2, 0.25) is 0 Å². The number of hydrogen-bond acceptors (Lipinski definition) is 3. The molecule has 0 amide bonds. The predicted molar refractivity (Wildman–Crippen MR) is 83.8 cm³/mol. The third kappa shape index (κ3) is 3.81. The van der Waals surface area contributed by atoms with Crippen molar-refractivity contribution < 1.29 is 8.78 Å². The summed E-state index contributed by atoms with van der Waals surface area (Å²) in [6.45, 7) is 3.11. The Hall–Kier alpha value is -2.44. The maximum Gasteiger partial charge on any atom is 0.150 e. The standard InChI is InChI=1S/C8H5BrFN.C8H7FN2/c1-5-6(4-11)2-3-7(9)8(5)10;1-5-6(4-10)2-3-7(11)8(5)9/h2-3H,1H3;2-3H,11H2,1H3. The third-order valence-electron chi connectivity index (χ3n) is 3.00.